The van der Waals surface area contributed by atoms with Gasteiger partial charge in [0.2, 0.25) is 0 Å². The molecule has 220 valence electrons. The van der Waals surface area contributed by atoms with Crippen molar-refractivity contribution in [2.75, 3.05) is 4.90 Å². The first kappa shape index (κ1) is 27.8. The van der Waals surface area contributed by atoms with Crippen molar-refractivity contribution in [3.63, 3.8) is 0 Å². The molecule has 0 spiro atoms. The third-order valence-corrected chi connectivity index (χ3v) is 11.2. The largest absolute Gasteiger partial charge is 0.311 e. The average Bonchev–Trinajstić information content (AvgIpc) is 3.66. The third-order valence-electron chi connectivity index (χ3n) is 10.1. The summed E-state index contributed by atoms with van der Waals surface area (Å²) in [5.74, 6) is 0.830. The number of hydrogen-bond acceptors (Lipinski definition) is 3. The van der Waals surface area contributed by atoms with Gasteiger partial charge in [0.15, 0.2) is 0 Å². The van der Waals surface area contributed by atoms with Crippen molar-refractivity contribution < 1.29 is 0 Å². The second-order valence-electron chi connectivity index (χ2n) is 12.2. The van der Waals surface area contributed by atoms with Gasteiger partial charge in [-0.2, -0.15) is 0 Å². The Morgan fingerprint density at radius 1 is 0.689 bits per heavy atom. The fourth-order valence-electron chi connectivity index (χ4n) is 7.77. The Balaban J connectivity index is 1.14. The zero-order valence-electron chi connectivity index (χ0n) is 25.7. The van der Waals surface area contributed by atoms with E-state index >= 15 is 0 Å². The van der Waals surface area contributed by atoms with E-state index in [0.717, 1.165) is 40.4 Å². The van der Waals surface area contributed by atoms with Crippen LogP contribution >= 0.6 is 11.3 Å². The minimum Gasteiger partial charge on any atom is -0.311 e. The normalized spacial score (nSPS) is 18.0. The van der Waals surface area contributed by atoms with Crippen LogP contribution < -0.4 is 4.90 Å². The topological polar surface area (TPSA) is 16.1 Å². The van der Waals surface area contributed by atoms with Crippen molar-refractivity contribution in [3.05, 3.63) is 162 Å². The summed E-state index contributed by atoms with van der Waals surface area (Å²) >= 11 is 1.79. The average molecular weight is 601 g/mol. The van der Waals surface area contributed by atoms with E-state index in [-0.39, 0.29) is 5.41 Å². The van der Waals surface area contributed by atoms with Crippen LogP contribution in [0.25, 0.3) is 26.4 Å². The second kappa shape index (κ2) is 11.3. The molecule has 3 heteroatoms. The molecule has 45 heavy (non-hydrogen) atoms. The van der Waals surface area contributed by atoms with E-state index in [1.54, 1.807) is 11.3 Å². The first-order chi connectivity index (χ1) is 22.2. The number of anilines is 3. The van der Waals surface area contributed by atoms with Crippen LogP contribution in [-0.4, -0.2) is 4.98 Å². The lowest BCUT2D eigenvalue weighted by molar-refractivity contribution is 0.306. The Hall–Kier alpha value is -4.73. The SMILES string of the molecule is CCC1(CC)c2cc(-c3nc4ccccc4s3)ccc2C2C=CC(c3ccc(N(c4ccccc4)c4ccccc4)cc3)=CC21. The van der Waals surface area contributed by atoms with E-state index in [4.69, 9.17) is 4.98 Å². The number of allylic oxidation sites excluding steroid dienone is 4. The summed E-state index contributed by atoms with van der Waals surface area (Å²) < 4.78 is 1.25. The van der Waals surface area contributed by atoms with Gasteiger partial charge in [0.25, 0.3) is 0 Å². The maximum atomic E-state index is 5.00. The number of thiazole rings is 1. The third kappa shape index (κ3) is 4.65. The quantitative estimate of drug-likeness (QED) is 0.181. The Bertz CT molecular complexity index is 1960. The molecular formula is C42H36N2S. The fourth-order valence-corrected chi connectivity index (χ4v) is 8.73. The Morgan fingerprint density at radius 2 is 1.31 bits per heavy atom. The molecule has 1 aromatic heterocycles. The van der Waals surface area contributed by atoms with E-state index in [1.807, 2.05) is 0 Å². The van der Waals surface area contributed by atoms with E-state index in [9.17, 15) is 0 Å². The van der Waals surface area contributed by atoms with Crippen LogP contribution in [0.3, 0.4) is 0 Å². The molecule has 2 aliphatic rings. The molecule has 2 aliphatic carbocycles. The summed E-state index contributed by atoms with van der Waals surface area (Å²) in [6.07, 6.45) is 9.63. The van der Waals surface area contributed by atoms with E-state index < -0.39 is 0 Å². The predicted molar refractivity (Wildman–Crippen MR) is 192 cm³/mol. The zero-order chi connectivity index (χ0) is 30.4. The van der Waals surface area contributed by atoms with Crippen molar-refractivity contribution in [1.29, 1.82) is 0 Å². The van der Waals surface area contributed by atoms with Gasteiger partial charge in [-0.1, -0.05) is 105 Å². The monoisotopic (exact) mass is 600 g/mol. The standard InChI is InChI=1S/C42H36N2S/c1-3-42(4-2)37-27-30(29-19-23-34(24-20-29)44(32-13-7-5-8-14-32)33-15-9-6-10-16-33)21-25-35(37)36-26-22-31(28-38(36)42)41-43-39-17-11-12-18-40(39)45-41/h5-28,35,37H,3-4H2,1-2H3. The number of rotatable bonds is 7. The molecule has 0 bridgehead atoms. The molecule has 0 amide bonds. The molecule has 2 unspecified atom stereocenters. The van der Waals surface area contributed by atoms with Crippen LogP contribution in [-0.2, 0) is 5.41 Å². The second-order valence-corrected chi connectivity index (χ2v) is 13.3. The van der Waals surface area contributed by atoms with Gasteiger partial charge in [0.05, 0.1) is 10.2 Å². The maximum Gasteiger partial charge on any atom is 0.124 e. The van der Waals surface area contributed by atoms with E-state index in [2.05, 4.69) is 164 Å². The summed E-state index contributed by atoms with van der Waals surface area (Å²) in [7, 11) is 0. The van der Waals surface area contributed by atoms with E-state index in [1.165, 1.54) is 32.5 Å². The van der Waals surface area contributed by atoms with Crippen molar-refractivity contribution in [2.24, 2.45) is 5.92 Å². The molecule has 0 saturated heterocycles. The van der Waals surface area contributed by atoms with Gasteiger partial charge in [-0.25, -0.2) is 4.98 Å². The molecule has 6 aromatic rings. The molecule has 0 fully saturated rings. The highest BCUT2D eigenvalue weighted by atomic mass is 32.1. The summed E-state index contributed by atoms with van der Waals surface area (Å²) in [5.41, 5.74) is 11.5. The van der Waals surface area contributed by atoms with Gasteiger partial charge >= 0.3 is 0 Å². The minimum absolute atomic E-state index is 0.0973. The highest BCUT2D eigenvalue weighted by molar-refractivity contribution is 7.21. The molecule has 0 N–H and O–H groups in total. The summed E-state index contributed by atoms with van der Waals surface area (Å²) in [5, 5.41) is 1.11. The summed E-state index contributed by atoms with van der Waals surface area (Å²) in [6, 6.07) is 45.9. The summed E-state index contributed by atoms with van der Waals surface area (Å²) in [4.78, 5) is 7.32. The van der Waals surface area contributed by atoms with Crippen molar-refractivity contribution >= 4 is 44.2 Å². The lowest BCUT2D eigenvalue weighted by Crippen LogP contribution is -2.31. The Labute approximate surface area is 270 Å². The Morgan fingerprint density at radius 3 is 1.98 bits per heavy atom. The zero-order valence-corrected chi connectivity index (χ0v) is 26.5. The molecule has 0 saturated carbocycles. The highest BCUT2D eigenvalue weighted by Gasteiger charge is 2.49. The van der Waals surface area contributed by atoms with Crippen LogP contribution in [0.5, 0.6) is 0 Å². The number of nitrogens with zero attached hydrogens (tertiary/aromatic N) is 2. The predicted octanol–water partition coefficient (Wildman–Crippen LogP) is 11.9. The molecule has 5 aromatic carbocycles. The lowest BCUT2D eigenvalue weighted by atomic mass is 9.67. The first-order valence-corrected chi connectivity index (χ1v) is 16.9. The number of hydrogen-bond donors (Lipinski definition) is 0. The van der Waals surface area contributed by atoms with Gasteiger partial charge in [0, 0.05) is 34.0 Å². The van der Waals surface area contributed by atoms with Gasteiger partial charge < -0.3 is 4.90 Å². The number of para-hydroxylation sites is 3. The van der Waals surface area contributed by atoms with Crippen LogP contribution in [0.1, 0.15) is 49.3 Å². The highest BCUT2D eigenvalue weighted by Crippen LogP contribution is 2.58. The molecular weight excluding hydrogens is 565 g/mol. The number of fused-ring (bicyclic) bond motifs is 4. The summed E-state index contributed by atoms with van der Waals surface area (Å²) in [6.45, 7) is 4.75. The molecule has 0 radical (unpaired) electrons. The Kier molecular flexibility index (Phi) is 6.99. The van der Waals surface area contributed by atoms with Crippen molar-refractivity contribution in [2.45, 2.75) is 38.0 Å². The van der Waals surface area contributed by atoms with Crippen LogP contribution in [0.15, 0.2) is 146 Å². The smallest absolute Gasteiger partial charge is 0.124 e. The van der Waals surface area contributed by atoms with Crippen LogP contribution in [0, 0.1) is 5.92 Å². The first-order valence-electron chi connectivity index (χ1n) is 16.1. The molecule has 0 aliphatic heterocycles. The number of benzene rings is 5. The molecule has 8 rings (SSSR count). The minimum atomic E-state index is 0.0973. The lowest BCUT2D eigenvalue weighted by Gasteiger charge is -2.36. The van der Waals surface area contributed by atoms with Crippen LogP contribution in [0.2, 0.25) is 0 Å². The maximum absolute atomic E-state index is 5.00. The van der Waals surface area contributed by atoms with Crippen molar-refractivity contribution in [1.82, 2.24) is 4.98 Å². The fraction of sp³-hybridized carbons (Fsp3) is 0.167. The van der Waals surface area contributed by atoms with E-state index in [0.29, 0.717) is 11.8 Å². The van der Waals surface area contributed by atoms with Gasteiger partial charge in [-0.05, 0) is 95.6 Å². The van der Waals surface area contributed by atoms with Crippen LogP contribution in [0.4, 0.5) is 17.1 Å². The molecule has 1 heterocycles. The van der Waals surface area contributed by atoms with Gasteiger partial charge in [-0.15, -0.1) is 11.3 Å². The molecule has 2 atom stereocenters. The van der Waals surface area contributed by atoms with Gasteiger partial charge in [0.1, 0.15) is 5.01 Å². The molecule has 2 nitrogen and oxygen atoms in total. The van der Waals surface area contributed by atoms with Crippen molar-refractivity contribution in [3.8, 4) is 10.6 Å². The van der Waals surface area contributed by atoms with Gasteiger partial charge in [-0.3, -0.25) is 0 Å². The number of aromatic nitrogens is 1.